The highest BCUT2D eigenvalue weighted by atomic mass is 14.8. The molecule has 1 N–H and O–H groups in total. The zero-order valence-corrected chi connectivity index (χ0v) is 9.96. The molecule has 0 heterocycles. The smallest absolute Gasteiger partial charge is 0.0417 e. The van der Waals surface area contributed by atoms with Crippen LogP contribution in [-0.4, -0.2) is 7.05 Å². The van der Waals surface area contributed by atoms with Crippen LogP contribution in [0.4, 0.5) is 5.69 Å². The molecule has 2 rings (SSSR count). The van der Waals surface area contributed by atoms with Gasteiger partial charge in [0.2, 0.25) is 0 Å². The van der Waals surface area contributed by atoms with Crippen LogP contribution >= 0.6 is 0 Å². The first kappa shape index (κ1) is 11.6. The second-order valence-electron chi connectivity index (χ2n) is 3.23. The number of aryl methyl sites for hydroxylation is 1. The third-order valence-corrected chi connectivity index (χ3v) is 2.41. The molecule has 2 aromatic rings. The van der Waals surface area contributed by atoms with Crippen molar-refractivity contribution in [3.05, 3.63) is 42.0 Å². The van der Waals surface area contributed by atoms with Crippen molar-refractivity contribution in [3.8, 4) is 0 Å². The summed E-state index contributed by atoms with van der Waals surface area (Å²) in [5.74, 6) is 0. The van der Waals surface area contributed by atoms with Crippen molar-refractivity contribution in [2.75, 3.05) is 12.4 Å². The van der Waals surface area contributed by atoms with E-state index >= 15 is 0 Å². The maximum atomic E-state index is 3.20. The first-order valence-corrected chi connectivity index (χ1v) is 5.49. The van der Waals surface area contributed by atoms with Crippen molar-refractivity contribution < 1.29 is 0 Å². The number of benzene rings is 2. The fourth-order valence-electron chi connectivity index (χ4n) is 1.67. The maximum Gasteiger partial charge on any atom is 0.0417 e. The third-order valence-electron chi connectivity index (χ3n) is 2.41. The monoisotopic (exact) mass is 201 g/mol. The maximum absolute atomic E-state index is 3.20. The lowest BCUT2D eigenvalue weighted by Gasteiger charge is -2.07. The van der Waals surface area contributed by atoms with E-state index in [1.165, 1.54) is 22.0 Å². The van der Waals surface area contributed by atoms with Gasteiger partial charge in [-0.05, 0) is 23.9 Å². The van der Waals surface area contributed by atoms with Crippen LogP contribution in [0.5, 0.6) is 0 Å². The van der Waals surface area contributed by atoms with Crippen LogP contribution in [0.25, 0.3) is 10.8 Å². The molecule has 0 saturated carbocycles. The van der Waals surface area contributed by atoms with E-state index < -0.39 is 0 Å². The van der Waals surface area contributed by atoms with Crippen molar-refractivity contribution >= 4 is 16.5 Å². The van der Waals surface area contributed by atoms with Crippen LogP contribution in [0.1, 0.15) is 19.4 Å². The molecule has 0 aliphatic carbocycles. The van der Waals surface area contributed by atoms with Gasteiger partial charge in [-0.1, -0.05) is 44.2 Å². The van der Waals surface area contributed by atoms with E-state index in [9.17, 15) is 0 Å². The fraction of sp³-hybridized carbons (Fsp3) is 0.286. The molecule has 0 bridgehead atoms. The molecule has 0 unspecified atom stereocenters. The Kier molecular flexibility index (Phi) is 4.17. The van der Waals surface area contributed by atoms with Gasteiger partial charge in [-0.2, -0.15) is 0 Å². The van der Waals surface area contributed by atoms with Gasteiger partial charge in [0, 0.05) is 18.1 Å². The number of hydrogen-bond donors (Lipinski definition) is 1. The molecule has 0 saturated heterocycles. The SMILES string of the molecule is CC.CNc1ccc(C)c2ccccc12. The van der Waals surface area contributed by atoms with E-state index in [2.05, 4.69) is 48.6 Å². The summed E-state index contributed by atoms with van der Waals surface area (Å²) in [5, 5.41) is 5.82. The molecule has 80 valence electrons. The number of fused-ring (bicyclic) bond motifs is 1. The molecular formula is C14H19N. The third kappa shape index (κ3) is 2.30. The van der Waals surface area contributed by atoms with Gasteiger partial charge in [-0.15, -0.1) is 0 Å². The normalized spacial score (nSPS) is 9.33. The van der Waals surface area contributed by atoms with E-state index in [4.69, 9.17) is 0 Å². The average Bonchev–Trinajstić information content (AvgIpc) is 2.33. The van der Waals surface area contributed by atoms with Crippen molar-refractivity contribution in [1.29, 1.82) is 0 Å². The molecule has 0 aliphatic rings. The Labute approximate surface area is 92.1 Å². The Bertz CT molecular complexity index is 432. The van der Waals surface area contributed by atoms with Crippen LogP contribution in [0.15, 0.2) is 36.4 Å². The van der Waals surface area contributed by atoms with Crippen LogP contribution in [0, 0.1) is 6.92 Å². The lowest BCUT2D eigenvalue weighted by atomic mass is 10.0. The van der Waals surface area contributed by atoms with Crippen LogP contribution in [0.2, 0.25) is 0 Å². The largest absolute Gasteiger partial charge is 0.388 e. The van der Waals surface area contributed by atoms with E-state index in [0.29, 0.717) is 0 Å². The van der Waals surface area contributed by atoms with Gasteiger partial charge in [-0.3, -0.25) is 0 Å². The quantitative estimate of drug-likeness (QED) is 0.728. The van der Waals surface area contributed by atoms with Crippen molar-refractivity contribution in [2.45, 2.75) is 20.8 Å². The second kappa shape index (κ2) is 5.40. The van der Waals surface area contributed by atoms with Crippen LogP contribution in [-0.2, 0) is 0 Å². The van der Waals surface area contributed by atoms with Crippen molar-refractivity contribution in [1.82, 2.24) is 0 Å². The summed E-state index contributed by atoms with van der Waals surface area (Å²) in [6.07, 6.45) is 0. The van der Waals surface area contributed by atoms with Crippen molar-refractivity contribution in [3.63, 3.8) is 0 Å². The molecule has 0 aliphatic heterocycles. The predicted octanol–water partition coefficient (Wildman–Crippen LogP) is 4.22. The highest BCUT2D eigenvalue weighted by Crippen LogP contribution is 2.25. The minimum atomic E-state index is 1.20. The van der Waals surface area contributed by atoms with Gasteiger partial charge < -0.3 is 5.32 Å². The summed E-state index contributed by atoms with van der Waals surface area (Å²) in [6.45, 7) is 6.14. The van der Waals surface area contributed by atoms with Crippen LogP contribution < -0.4 is 5.32 Å². The molecule has 15 heavy (non-hydrogen) atoms. The number of nitrogens with one attached hydrogen (secondary N) is 1. The van der Waals surface area contributed by atoms with Gasteiger partial charge in [-0.25, -0.2) is 0 Å². The Morgan fingerprint density at radius 1 is 0.867 bits per heavy atom. The summed E-state index contributed by atoms with van der Waals surface area (Å²) in [5.41, 5.74) is 2.52. The summed E-state index contributed by atoms with van der Waals surface area (Å²) < 4.78 is 0. The standard InChI is InChI=1S/C12H13N.C2H6/c1-9-7-8-12(13-2)11-6-4-3-5-10(9)11;1-2/h3-8,13H,1-2H3;1-2H3. The molecular weight excluding hydrogens is 182 g/mol. The molecule has 0 aromatic heterocycles. The number of hydrogen-bond acceptors (Lipinski definition) is 1. The van der Waals surface area contributed by atoms with Crippen LogP contribution in [0.3, 0.4) is 0 Å². The zero-order valence-electron chi connectivity index (χ0n) is 9.96. The fourth-order valence-corrected chi connectivity index (χ4v) is 1.67. The first-order valence-electron chi connectivity index (χ1n) is 5.49. The van der Waals surface area contributed by atoms with Gasteiger partial charge in [0.15, 0.2) is 0 Å². The molecule has 2 aromatic carbocycles. The molecule has 1 nitrogen and oxygen atoms in total. The second-order valence-corrected chi connectivity index (χ2v) is 3.23. The summed E-state index contributed by atoms with van der Waals surface area (Å²) >= 11 is 0. The summed E-state index contributed by atoms with van der Waals surface area (Å²) in [7, 11) is 1.96. The minimum Gasteiger partial charge on any atom is -0.388 e. The Morgan fingerprint density at radius 2 is 1.47 bits per heavy atom. The highest BCUT2D eigenvalue weighted by molar-refractivity contribution is 5.95. The zero-order chi connectivity index (χ0) is 11.3. The molecule has 0 amide bonds. The molecule has 0 fully saturated rings. The Balaban J connectivity index is 0.000000531. The van der Waals surface area contributed by atoms with E-state index in [1.54, 1.807) is 0 Å². The minimum absolute atomic E-state index is 1.20. The summed E-state index contributed by atoms with van der Waals surface area (Å²) in [6, 6.07) is 12.7. The topological polar surface area (TPSA) is 12.0 Å². The Morgan fingerprint density at radius 3 is 2.07 bits per heavy atom. The van der Waals surface area contributed by atoms with E-state index in [0.717, 1.165) is 0 Å². The molecule has 0 spiro atoms. The van der Waals surface area contributed by atoms with Crippen molar-refractivity contribution in [2.24, 2.45) is 0 Å². The lowest BCUT2D eigenvalue weighted by Crippen LogP contribution is -1.90. The predicted molar refractivity (Wildman–Crippen MR) is 69.6 cm³/mol. The van der Waals surface area contributed by atoms with E-state index in [1.807, 2.05) is 20.9 Å². The molecule has 0 atom stereocenters. The molecule has 1 heteroatoms. The lowest BCUT2D eigenvalue weighted by molar-refractivity contribution is 1.49. The highest BCUT2D eigenvalue weighted by Gasteiger charge is 1.99. The number of rotatable bonds is 1. The van der Waals surface area contributed by atoms with Gasteiger partial charge in [0.1, 0.15) is 0 Å². The summed E-state index contributed by atoms with van der Waals surface area (Å²) in [4.78, 5) is 0. The average molecular weight is 201 g/mol. The van der Waals surface area contributed by atoms with Gasteiger partial charge in [0.25, 0.3) is 0 Å². The van der Waals surface area contributed by atoms with Gasteiger partial charge in [0.05, 0.1) is 0 Å². The number of anilines is 1. The molecule has 0 radical (unpaired) electrons. The van der Waals surface area contributed by atoms with Gasteiger partial charge >= 0.3 is 0 Å². The first-order chi connectivity index (χ1) is 7.33. The van der Waals surface area contributed by atoms with E-state index in [-0.39, 0.29) is 0 Å². The Hall–Kier alpha value is -1.50.